The molecule has 0 spiro atoms. The quantitative estimate of drug-likeness (QED) is 0.0814. The van der Waals surface area contributed by atoms with Gasteiger partial charge < -0.3 is 4.74 Å². The first-order valence-corrected chi connectivity index (χ1v) is 16.3. The molecular formula is C38H34F10O. The summed E-state index contributed by atoms with van der Waals surface area (Å²) in [7, 11) is 0. The van der Waals surface area contributed by atoms with Gasteiger partial charge in [-0.2, -0.15) is 8.78 Å². The van der Waals surface area contributed by atoms with E-state index in [1.807, 2.05) is 0 Å². The Morgan fingerprint density at radius 3 is 1.86 bits per heavy atom. The second kappa shape index (κ2) is 15.3. The van der Waals surface area contributed by atoms with Gasteiger partial charge in [0.2, 0.25) is 0 Å². The summed E-state index contributed by atoms with van der Waals surface area (Å²) in [5.74, 6) is -11.6. The molecule has 0 N–H and O–H groups in total. The van der Waals surface area contributed by atoms with Gasteiger partial charge in [0.1, 0.15) is 23.2 Å². The Labute approximate surface area is 277 Å². The van der Waals surface area contributed by atoms with E-state index < -0.39 is 76.8 Å². The van der Waals surface area contributed by atoms with Gasteiger partial charge in [0.25, 0.3) is 0 Å². The van der Waals surface area contributed by atoms with Crippen LogP contribution in [0.3, 0.4) is 0 Å². The van der Waals surface area contributed by atoms with Gasteiger partial charge in [-0.25, -0.2) is 35.1 Å². The molecule has 1 saturated carbocycles. The fourth-order valence-electron chi connectivity index (χ4n) is 6.55. The highest BCUT2D eigenvalue weighted by Crippen LogP contribution is 2.41. The van der Waals surface area contributed by atoms with E-state index in [-0.39, 0.29) is 40.3 Å². The summed E-state index contributed by atoms with van der Waals surface area (Å²) < 4.78 is 148. The molecule has 5 rings (SSSR count). The van der Waals surface area contributed by atoms with Gasteiger partial charge in [0, 0.05) is 28.8 Å². The third kappa shape index (κ3) is 8.41. The minimum Gasteiger partial charge on any atom is -0.432 e. The lowest BCUT2D eigenvalue weighted by molar-refractivity contribution is -0.180. The van der Waals surface area contributed by atoms with Gasteiger partial charge in [-0.05, 0) is 78.8 Å². The lowest BCUT2D eigenvalue weighted by Crippen LogP contribution is -2.26. The molecule has 0 aromatic heterocycles. The number of rotatable bonds is 12. The fraction of sp³-hybridized carbons (Fsp3) is 0.368. The Morgan fingerprint density at radius 1 is 0.633 bits per heavy atom. The second-order valence-electron chi connectivity index (χ2n) is 12.6. The van der Waals surface area contributed by atoms with Crippen LogP contribution in [0.5, 0.6) is 5.75 Å². The van der Waals surface area contributed by atoms with Crippen LogP contribution >= 0.6 is 0 Å². The van der Waals surface area contributed by atoms with E-state index in [4.69, 9.17) is 0 Å². The molecule has 0 unspecified atom stereocenters. The molecule has 0 amide bonds. The summed E-state index contributed by atoms with van der Waals surface area (Å²) in [6, 6.07) is 8.11. The fourth-order valence-corrected chi connectivity index (χ4v) is 6.55. The van der Waals surface area contributed by atoms with Crippen LogP contribution in [0.15, 0.2) is 54.6 Å². The average Bonchev–Trinajstić information content (AvgIpc) is 3.04. The SMILES string of the molecule is CCCCCC1CCC(c2ccc(-c3ccc(-c4cc(F)c(CCC(F)(F)Oc5cc(F)c(F)c(F)c5)c(F)c4)c(F)c3)c(F)c2F)CC1. The summed E-state index contributed by atoms with van der Waals surface area (Å²) >= 11 is 0. The molecule has 49 heavy (non-hydrogen) atoms. The minimum absolute atomic E-state index is 0.00421. The van der Waals surface area contributed by atoms with E-state index in [1.165, 1.54) is 31.0 Å². The van der Waals surface area contributed by atoms with E-state index in [1.54, 1.807) is 0 Å². The van der Waals surface area contributed by atoms with Gasteiger partial charge in [-0.15, -0.1) is 0 Å². The highest BCUT2D eigenvalue weighted by molar-refractivity contribution is 5.72. The molecule has 0 aliphatic heterocycles. The zero-order chi connectivity index (χ0) is 35.5. The third-order valence-corrected chi connectivity index (χ3v) is 9.24. The van der Waals surface area contributed by atoms with Crippen molar-refractivity contribution in [2.45, 2.75) is 83.2 Å². The van der Waals surface area contributed by atoms with Crippen molar-refractivity contribution in [3.63, 3.8) is 0 Å². The van der Waals surface area contributed by atoms with Crippen LogP contribution in [0.2, 0.25) is 0 Å². The molecule has 11 heteroatoms. The lowest BCUT2D eigenvalue weighted by Gasteiger charge is -2.29. The van der Waals surface area contributed by atoms with Crippen molar-refractivity contribution in [1.82, 2.24) is 0 Å². The van der Waals surface area contributed by atoms with Crippen molar-refractivity contribution < 1.29 is 48.6 Å². The number of halogens is 10. The van der Waals surface area contributed by atoms with Crippen LogP contribution in [-0.2, 0) is 6.42 Å². The molecular weight excluding hydrogens is 662 g/mol. The van der Waals surface area contributed by atoms with Crippen LogP contribution in [0.1, 0.15) is 81.8 Å². The van der Waals surface area contributed by atoms with Crippen molar-refractivity contribution >= 4 is 0 Å². The number of ether oxygens (including phenoxy) is 1. The van der Waals surface area contributed by atoms with Crippen molar-refractivity contribution in [2.75, 3.05) is 0 Å². The molecule has 0 saturated heterocycles. The van der Waals surface area contributed by atoms with Crippen LogP contribution in [0.4, 0.5) is 43.9 Å². The maximum Gasteiger partial charge on any atom is 0.398 e. The van der Waals surface area contributed by atoms with Crippen LogP contribution < -0.4 is 4.74 Å². The van der Waals surface area contributed by atoms with Crippen molar-refractivity contribution in [3.05, 3.63) is 112 Å². The molecule has 1 aliphatic carbocycles. The van der Waals surface area contributed by atoms with Crippen molar-refractivity contribution in [3.8, 4) is 28.0 Å². The summed E-state index contributed by atoms with van der Waals surface area (Å²) in [6.07, 6.45) is 1.65. The number of unbranched alkanes of at least 4 members (excludes halogenated alkanes) is 2. The van der Waals surface area contributed by atoms with E-state index in [0.717, 1.165) is 62.8 Å². The minimum atomic E-state index is -4.16. The van der Waals surface area contributed by atoms with Gasteiger partial charge in [-0.1, -0.05) is 56.9 Å². The molecule has 0 radical (unpaired) electrons. The first kappa shape index (κ1) is 36.3. The van der Waals surface area contributed by atoms with E-state index in [9.17, 15) is 30.7 Å². The Kier molecular flexibility index (Phi) is 11.3. The van der Waals surface area contributed by atoms with E-state index in [2.05, 4.69) is 11.7 Å². The lowest BCUT2D eigenvalue weighted by atomic mass is 9.76. The Bertz CT molecular complexity index is 1750. The Balaban J connectivity index is 1.27. The van der Waals surface area contributed by atoms with Crippen LogP contribution in [0.25, 0.3) is 22.3 Å². The predicted molar refractivity (Wildman–Crippen MR) is 166 cm³/mol. The Morgan fingerprint density at radius 2 is 1.24 bits per heavy atom. The highest BCUT2D eigenvalue weighted by atomic mass is 19.3. The number of alkyl halides is 2. The zero-order valence-electron chi connectivity index (χ0n) is 26.6. The molecule has 4 aromatic carbocycles. The monoisotopic (exact) mass is 696 g/mol. The third-order valence-electron chi connectivity index (χ3n) is 9.24. The maximum absolute atomic E-state index is 15.3. The standard InChI is InChI=1S/C38H34F10O/c1-2-3-4-5-21-6-8-22(9-7-21)27-12-13-28(36(45)35(27)44)23-10-11-26(30(39)16-23)24-17-31(40)29(32(41)18-24)14-15-38(47,48)49-25-19-33(42)37(46)34(43)20-25/h10-13,16-22H,2-9,14-15H2,1H3. The van der Waals surface area contributed by atoms with E-state index >= 15 is 13.2 Å². The average molecular weight is 697 g/mol. The van der Waals surface area contributed by atoms with Crippen LogP contribution in [0, 0.1) is 52.5 Å². The molecule has 0 heterocycles. The second-order valence-corrected chi connectivity index (χ2v) is 12.6. The van der Waals surface area contributed by atoms with Crippen LogP contribution in [-0.4, -0.2) is 6.11 Å². The predicted octanol–water partition coefficient (Wildman–Crippen LogP) is 12.6. The number of hydrogen-bond donors (Lipinski definition) is 0. The van der Waals surface area contributed by atoms with E-state index in [0.29, 0.717) is 11.5 Å². The topological polar surface area (TPSA) is 9.23 Å². The first-order valence-electron chi connectivity index (χ1n) is 16.3. The molecule has 0 atom stereocenters. The zero-order valence-corrected chi connectivity index (χ0v) is 26.6. The molecule has 4 aromatic rings. The summed E-state index contributed by atoms with van der Waals surface area (Å²) in [5, 5.41) is 0. The summed E-state index contributed by atoms with van der Waals surface area (Å²) in [4.78, 5) is 0. The first-order chi connectivity index (χ1) is 23.3. The highest BCUT2D eigenvalue weighted by Gasteiger charge is 2.33. The molecule has 1 nitrogen and oxygen atoms in total. The molecule has 1 fully saturated rings. The largest absolute Gasteiger partial charge is 0.432 e. The number of benzene rings is 4. The Hall–Kier alpha value is -4.02. The van der Waals surface area contributed by atoms with Gasteiger partial charge in [0.15, 0.2) is 29.1 Å². The van der Waals surface area contributed by atoms with Gasteiger partial charge in [-0.3, -0.25) is 0 Å². The van der Waals surface area contributed by atoms with Crippen molar-refractivity contribution in [1.29, 1.82) is 0 Å². The summed E-state index contributed by atoms with van der Waals surface area (Å²) in [6.45, 7) is 2.15. The van der Waals surface area contributed by atoms with Gasteiger partial charge >= 0.3 is 6.11 Å². The normalized spacial score (nSPS) is 16.6. The smallest absolute Gasteiger partial charge is 0.398 e. The molecule has 262 valence electrons. The molecule has 0 bridgehead atoms. The summed E-state index contributed by atoms with van der Waals surface area (Å²) in [5.41, 5.74) is -1.24. The number of hydrogen-bond acceptors (Lipinski definition) is 1. The maximum atomic E-state index is 15.3. The van der Waals surface area contributed by atoms with Gasteiger partial charge in [0.05, 0.1) is 6.42 Å². The molecule has 1 aliphatic rings. The van der Waals surface area contributed by atoms with Crippen molar-refractivity contribution in [2.24, 2.45) is 5.92 Å².